The number of ether oxygens (including phenoxy) is 2. The minimum Gasteiger partial charge on any atom is -0.452 e. The first-order valence-corrected chi connectivity index (χ1v) is 10.1. The van der Waals surface area contributed by atoms with Crippen LogP contribution in [0.1, 0.15) is 11.1 Å². The van der Waals surface area contributed by atoms with Gasteiger partial charge in [0.2, 0.25) is 0 Å². The molecule has 0 spiro atoms. The summed E-state index contributed by atoms with van der Waals surface area (Å²) in [5.41, 5.74) is 1.18. The fraction of sp³-hybridized carbons (Fsp3) is 0.167. The third-order valence-corrected chi connectivity index (χ3v) is 4.02. The number of benzene rings is 2. The van der Waals surface area contributed by atoms with Crippen molar-refractivity contribution in [3.63, 3.8) is 0 Å². The molecule has 178 valence electrons. The standard InChI is InChI=1S/C24H22F2N2O6/c25-19-7-1-17(2-8-19)5-11-23(31)33-15-21(29)27-13-14-28-22(30)16-34-24(32)12-6-18-3-9-20(26)10-4-18/h1-12H,13-16H2,(H,27,29)(H,28,30). The summed E-state index contributed by atoms with van der Waals surface area (Å²) in [6, 6.07) is 10.9. The predicted octanol–water partition coefficient (Wildman–Crippen LogP) is 2.01. The number of hydrogen-bond acceptors (Lipinski definition) is 6. The van der Waals surface area contributed by atoms with Gasteiger partial charge in [-0.15, -0.1) is 0 Å². The van der Waals surface area contributed by atoms with E-state index < -0.39 is 48.6 Å². The monoisotopic (exact) mass is 472 g/mol. The highest BCUT2D eigenvalue weighted by atomic mass is 19.1. The maximum absolute atomic E-state index is 12.8. The van der Waals surface area contributed by atoms with Gasteiger partial charge in [-0.05, 0) is 47.5 Å². The second-order valence-electron chi connectivity index (χ2n) is 6.69. The van der Waals surface area contributed by atoms with Crippen molar-refractivity contribution >= 4 is 35.9 Å². The molecule has 8 nitrogen and oxygen atoms in total. The molecule has 2 aromatic carbocycles. The van der Waals surface area contributed by atoms with Gasteiger partial charge in [0.15, 0.2) is 13.2 Å². The third-order valence-electron chi connectivity index (χ3n) is 4.02. The Balaban J connectivity index is 1.54. The molecule has 34 heavy (non-hydrogen) atoms. The van der Waals surface area contributed by atoms with Crippen LogP contribution in [0.3, 0.4) is 0 Å². The summed E-state index contributed by atoms with van der Waals surface area (Å²) in [6.07, 6.45) is 5.05. The lowest BCUT2D eigenvalue weighted by atomic mass is 10.2. The zero-order valence-electron chi connectivity index (χ0n) is 18.0. The molecule has 0 aliphatic carbocycles. The second kappa shape index (κ2) is 13.9. The van der Waals surface area contributed by atoms with Gasteiger partial charge in [0.1, 0.15) is 11.6 Å². The average molecular weight is 472 g/mol. The van der Waals surface area contributed by atoms with Crippen LogP contribution >= 0.6 is 0 Å². The Labute approximate surface area is 194 Å². The maximum atomic E-state index is 12.8. The lowest BCUT2D eigenvalue weighted by molar-refractivity contribution is -0.144. The molecule has 2 aromatic rings. The number of rotatable bonds is 11. The molecule has 0 aliphatic heterocycles. The number of esters is 2. The van der Waals surface area contributed by atoms with Crippen LogP contribution in [0.25, 0.3) is 12.2 Å². The van der Waals surface area contributed by atoms with E-state index in [4.69, 9.17) is 9.47 Å². The quantitative estimate of drug-likeness (QED) is 0.294. The van der Waals surface area contributed by atoms with Crippen molar-refractivity contribution in [3.8, 4) is 0 Å². The highest BCUT2D eigenvalue weighted by Gasteiger charge is 2.07. The summed E-state index contributed by atoms with van der Waals surface area (Å²) in [5.74, 6) is -3.44. The molecule has 2 N–H and O–H groups in total. The summed E-state index contributed by atoms with van der Waals surface area (Å²) in [4.78, 5) is 46.5. The molecule has 0 saturated carbocycles. The van der Waals surface area contributed by atoms with E-state index in [9.17, 15) is 28.0 Å². The smallest absolute Gasteiger partial charge is 0.331 e. The van der Waals surface area contributed by atoms with Gasteiger partial charge in [0.25, 0.3) is 11.8 Å². The Morgan fingerprint density at radius 3 is 1.35 bits per heavy atom. The Morgan fingerprint density at radius 2 is 1.00 bits per heavy atom. The Bertz CT molecular complexity index is 965. The molecule has 0 aromatic heterocycles. The van der Waals surface area contributed by atoms with E-state index in [1.807, 2.05) is 0 Å². The molecule has 0 atom stereocenters. The van der Waals surface area contributed by atoms with Crippen molar-refractivity contribution in [2.75, 3.05) is 26.3 Å². The molecule has 0 bridgehead atoms. The Morgan fingerprint density at radius 1 is 0.647 bits per heavy atom. The van der Waals surface area contributed by atoms with Crippen LogP contribution in [0.5, 0.6) is 0 Å². The number of carbonyl (C=O) groups is 4. The van der Waals surface area contributed by atoms with E-state index in [-0.39, 0.29) is 13.1 Å². The van der Waals surface area contributed by atoms with Crippen LogP contribution < -0.4 is 10.6 Å². The fourth-order valence-electron chi connectivity index (χ4n) is 2.35. The van der Waals surface area contributed by atoms with Crippen molar-refractivity contribution in [1.82, 2.24) is 10.6 Å². The van der Waals surface area contributed by atoms with Gasteiger partial charge in [0, 0.05) is 25.2 Å². The first-order chi connectivity index (χ1) is 16.3. The van der Waals surface area contributed by atoms with E-state index in [1.165, 1.54) is 60.7 Å². The molecular weight excluding hydrogens is 450 g/mol. The van der Waals surface area contributed by atoms with Gasteiger partial charge in [-0.25, -0.2) is 18.4 Å². The average Bonchev–Trinajstić information content (AvgIpc) is 2.83. The lowest BCUT2D eigenvalue weighted by Gasteiger charge is -2.07. The van der Waals surface area contributed by atoms with Gasteiger partial charge in [-0.2, -0.15) is 0 Å². The Kier molecular flexibility index (Phi) is 10.6. The van der Waals surface area contributed by atoms with Crippen molar-refractivity contribution < 1.29 is 37.4 Å². The van der Waals surface area contributed by atoms with Crippen LogP contribution in [0.15, 0.2) is 60.7 Å². The molecular formula is C24H22F2N2O6. The number of amides is 2. The summed E-state index contributed by atoms with van der Waals surface area (Å²) in [7, 11) is 0. The molecule has 0 radical (unpaired) electrons. The van der Waals surface area contributed by atoms with Gasteiger partial charge in [0.05, 0.1) is 0 Å². The van der Waals surface area contributed by atoms with E-state index >= 15 is 0 Å². The van der Waals surface area contributed by atoms with Crippen LogP contribution in [-0.4, -0.2) is 50.1 Å². The molecule has 0 fully saturated rings. The van der Waals surface area contributed by atoms with Crippen LogP contribution in [-0.2, 0) is 28.7 Å². The topological polar surface area (TPSA) is 111 Å². The van der Waals surface area contributed by atoms with Gasteiger partial charge in [-0.3, -0.25) is 9.59 Å². The second-order valence-corrected chi connectivity index (χ2v) is 6.69. The van der Waals surface area contributed by atoms with E-state index in [1.54, 1.807) is 0 Å². The van der Waals surface area contributed by atoms with E-state index in [0.29, 0.717) is 11.1 Å². The third kappa shape index (κ3) is 10.8. The minimum atomic E-state index is -0.747. The van der Waals surface area contributed by atoms with Crippen molar-refractivity contribution in [2.45, 2.75) is 0 Å². The molecule has 2 rings (SSSR count). The molecule has 0 saturated heterocycles. The zero-order valence-corrected chi connectivity index (χ0v) is 18.0. The molecule has 2 amide bonds. The van der Waals surface area contributed by atoms with Gasteiger partial charge >= 0.3 is 11.9 Å². The first kappa shape index (κ1) is 25.9. The number of nitrogens with one attached hydrogen (secondary N) is 2. The summed E-state index contributed by atoms with van der Waals surface area (Å²) in [5, 5.41) is 4.88. The fourth-order valence-corrected chi connectivity index (χ4v) is 2.35. The van der Waals surface area contributed by atoms with Crippen LogP contribution in [0.4, 0.5) is 8.78 Å². The normalized spacial score (nSPS) is 10.8. The van der Waals surface area contributed by atoms with Crippen LogP contribution in [0.2, 0.25) is 0 Å². The predicted molar refractivity (Wildman–Crippen MR) is 119 cm³/mol. The van der Waals surface area contributed by atoms with Gasteiger partial charge in [-0.1, -0.05) is 24.3 Å². The first-order valence-electron chi connectivity index (χ1n) is 10.1. The summed E-state index contributed by atoms with van der Waals surface area (Å²) < 4.78 is 35.2. The van der Waals surface area contributed by atoms with Crippen molar-refractivity contribution in [1.29, 1.82) is 0 Å². The van der Waals surface area contributed by atoms with E-state index in [2.05, 4.69) is 10.6 Å². The molecule has 10 heteroatoms. The highest BCUT2D eigenvalue weighted by Crippen LogP contribution is 2.05. The zero-order chi connectivity index (χ0) is 24.8. The highest BCUT2D eigenvalue weighted by molar-refractivity contribution is 5.90. The Hall–Kier alpha value is -4.34. The van der Waals surface area contributed by atoms with Gasteiger partial charge < -0.3 is 20.1 Å². The van der Waals surface area contributed by atoms with Crippen LogP contribution in [0, 0.1) is 11.6 Å². The van der Waals surface area contributed by atoms with Crippen molar-refractivity contribution in [3.05, 3.63) is 83.4 Å². The minimum absolute atomic E-state index is 0.0615. The summed E-state index contributed by atoms with van der Waals surface area (Å²) in [6.45, 7) is -0.908. The lowest BCUT2D eigenvalue weighted by Crippen LogP contribution is -2.38. The van der Waals surface area contributed by atoms with E-state index in [0.717, 1.165) is 12.2 Å². The molecule has 0 unspecified atom stereocenters. The van der Waals surface area contributed by atoms with Crippen molar-refractivity contribution in [2.24, 2.45) is 0 Å². The summed E-state index contributed by atoms with van der Waals surface area (Å²) >= 11 is 0. The number of halogens is 2. The molecule has 0 aliphatic rings. The number of carbonyl (C=O) groups excluding carboxylic acids is 4. The number of hydrogen-bond donors (Lipinski definition) is 2. The molecule has 0 heterocycles. The maximum Gasteiger partial charge on any atom is 0.331 e. The largest absolute Gasteiger partial charge is 0.452 e. The SMILES string of the molecule is O=C(COC(=O)C=Cc1ccc(F)cc1)NCCNC(=O)COC(=O)C=Cc1ccc(F)cc1.